The van der Waals surface area contributed by atoms with Gasteiger partial charge in [-0.15, -0.1) is 0 Å². The van der Waals surface area contributed by atoms with Crippen LogP contribution >= 0.6 is 43.5 Å². The number of benzene rings is 4. The fourth-order valence-corrected chi connectivity index (χ4v) is 5.00. The number of rotatable bonds is 5. The molecule has 5 heteroatoms. The molecule has 2 nitrogen and oxygen atoms in total. The third-order valence-electron chi connectivity index (χ3n) is 4.86. The average molecular weight is 554 g/mol. The van der Waals surface area contributed by atoms with E-state index in [4.69, 9.17) is 16.3 Å². The SMILES string of the molecule is N#C/C(=C/c1cc(Br)c(OCc2ccccc2Cl)c(Br)c1)c1cccc2ccccc12. The number of nitrogens with zero attached hydrogens (tertiary/aromatic N) is 1. The maximum absolute atomic E-state index is 9.85. The molecule has 31 heavy (non-hydrogen) atoms. The van der Waals surface area contributed by atoms with E-state index < -0.39 is 0 Å². The van der Waals surface area contributed by atoms with E-state index in [9.17, 15) is 5.26 Å². The van der Waals surface area contributed by atoms with E-state index in [0.29, 0.717) is 23.0 Å². The summed E-state index contributed by atoms with van der Waals surface area (Å²) in [6, 6.07) is 27.9. The highest BCUT2D eigenvalue weighted by Crippen LogP contribution is 2.37. The molecule has 0 spiro atoms. The molecule has 0 fully saturated rings. The fraction of sp³-hybridized carbons (Fsp3) is 0.0385. The molecule has 0 aliphatic rings. The number of nitriles is 1. The number of fused-ring (bicyclic) bond motifs is 1. The van der Waals surface area contributed by atoms with Gasteiger partial charge in [-0.1, -0.05) is 72.3 Å². The fourth-order valence-electron chi connectivity index (χ4n) is 3.36. The van der Waals surface area contributed by atoms with Crippen LogP contribution in [0.5, 0.6) is 5.75 Å². The summed E-state index contributed by atoms with van der Waals surface area (Å²) in [4.78, 5) is 0. The van der Waals surface area contributed by atoms with Gasteiger partial charge in [-0.2, -0.15) is 5.26 Å². The Bertz CT molecular complexity index is 1310. The van der Waals surface area contributed by atoms with E-state index in [1.165, 1.54) is 0 Å². The summed E-state index contributed by atoms with van der Waals surface area (Å²) in [5, 5.41) is 12.7. The van der Waals surface area contributed by atoms with Gasteiger partial charge in [-0.25, -0.2) is 0 Å². The van der Waals surface area contributed by atoms with Crippen molar-refractivity contribution in [2.24, 2.45) is 0 Å². The molecule has 0 aliphatic carbocycles. The number of halogens is 3. The standard InChI is InChI=1S/C26H16Br2ClNO/c27-23-13-17(14-24(28)26(23)31-16-19-7-2-4-11-25(19)29)12-20(15-30)22-10-5-8-18-6-1-3-9-21(18)22/h1-14H,16H2/b20-12-. The summed E-state index contributed by atoms with van der Waals surface area (Å²) in [6.45, 7) is 0.353. The van der Waals surface area contributed by atoms with Gasteiger partial charge in [-0.05, 0) is 72.5 Å². The molecular weight excluding hydrogens is 538 g/mol. The molecule has 0 aliphatic heterocycles. The Hall–Kier alpha value is -2.58. The third-order valence-corrected chi connectivity index (χ3v) is 6.41. The lowest BCUT2D eigenvalue weighted by molar-refractivity contribution is 0.302. The van der Waals surface area contributed by atoms with Crippen molar-refractivity contribution in [3.63, 3.8) is 0 Å². The van der Waals surface area contributed by atoms with Gasteiger partial charge >= 0.3 is 0 Å². The molecule has 0 saturated carbocycles. The van der Waals surface area contributed by atoms with Crippen LogP contribution in [0.15, 0.2) is 87.8 Å². The van der Waals surface area contributed by atoms with Crippen LogP contribution in [0.2, 0.25) is 5.02 Å². The molecule has 4 rings (SSSR count). The quantitative estimate of drug-likeness (QED) is 0.183. The molecule has 152 valence electrons. The number of ether oxygens (including phenoxy) is 1. The molecule has 0 N–H and O–H groups in total. The maximum atomic E-state index is 9.85. The molecule has 0 bridgehead atoms. The Morgan fingerprint density at radius 3 is 2.35 bits per heavy atom. The Morgan fingerprint density at radius 2 is 1.61 bits per heavy atom. The first-order valence-corrected chi connectivity index (χ1v) is 11.5. The highest BCUT2D eigenvalue weighted by atomic mass is 79.9. The minimum absolute atomic E-state index is 0.353. The van der Waals surface area contributed by atoms with Crippen LogP contribution in [-0.2, 0) is 6.61 Å². The predicted molar refractivity (Wildman–Crippen MR) is 135 cm³/mol. The van der Waals surface area contributed by atoms with Crippen molar-refractivity contribution in [2.75, 3.05) is 0 Å². The van der Waals surface area contributed by atoms with Crippen molar-refractivity contribution in [3.8, 4) is 11.8 Å². The minimum atomic E-state index is 0.353. The lowest BCUT2D eigenvalue weighted by atomic mass is 9.97. The Morgan fingerprint density at radius 1 is 0.935 bits per heavy atom. The van der Waals surface area contributed by atoms with E-state index in [0.717, 1.165) is 36.4 Å². The van der Waals surface area contributed by atoms with E-state index in [1.54, 1.807) is 0 Å². The molecule has 0 heterocycles. The van der Waals surface area contributed by atoms with Crippen molar-refractivity contribution < 1.29 is 4.74 Å². The summed E-state index contributed by atoms with van der Waals surface area (Å²) in [5.74, 6) is 0.681. The molecule has 0 aromatic heterocycles. The summed E-state index contributed by atoms with van der Waals surface area (Å²) >= 11 is 13.4. The predicted octanol–water partition coefficient (Wildman–Crippen LogP) is 8.66. The van der Waals surface area contributed by atoms with Crippen LogP contribution in [0.4, 0.5) is 0 Å². The molecule has 4 aromatic rings. The van der Waals surface area contributed by atoms with Gasteiger partial charge in [-0.3, -0.25) is 0 Å². The highest BCUT2D eigenvalue weighted by molar-refractivity contribution is 9.11. The van der Waals surface area contributed by atoms with Crippen LogP contribution < -0.4 is 4.74 Å². The van der Waals surface area contributed by atoms with Crippen LogP contribution in [0.1, 0.15) is 16.7 Å². The Balaban J connectivity index is 1.66. The Kier molecular flexibility index (Phi) is 6.77. The molecule has 0 radical (unpaired) electrons. The van der Waals surface area contributed by atoms with Crippen LogP contribution in [-0.4, -0.2) is 0 Å². The molecular formula is C26H16Br2ClNO. The van der Waals surface area contributed by atoms with Crippen molar-refractivity contribution in [1.29, 1.82) is 5.26 Å². The lowest BCUT2D eigenvalue weighted by Gasteiger charge is -2.12. The molecule has 4 aromatic carbocycles. The average Bonchev–Trinajstić information content (AvgIpc) is 2.78. The number of hydrogen-bond acceptors (Lipinski definition) is 2. The van der Waals surface area contributed by atoms with Gasteiger partial charge < -0.3 is 4.74 Å². The second kappa shape index (κ2) is 9.70. The molecule has 0 saturated heterocycles. The number of allylic oxidation sites excluding steroid dienone is 1. The number of hydrogen-bond donors (Lipinski definition) is 0. The van der Waals surface area contributed by atoms with E-state index in [2.05, 4.69) is 37.9 Å². The summed E-state index contributed by atoms with van der Waals surface area (Å²) < 4.78 is 7.57. The maximum Gasteiger partial charge on any atom is 0.148 e. The highest BCUT2D eigenvalue weighted by Gasteiger charge is 2.12. The zero-order valence-electron chi connectivity index (χ0n) is 16.3. The van der Waals surface area contributed by atoms with Gasteiger partial charge in [0.25, 0.3) is 0 Å². The van der Waals surface area contributed by atoms with Crippen LogP contribution in [0, 0.1) is 11.3 Å². The summed E-state index contributed by atoms with van der Waals surface area (Å²) in [5.41, 5.74) is 3.30. The first-order valence-electron chi connectivity index (χ1n) is 9.52. The smallest absolute Gasteiger partial charge is 0.148 e. The topological polar surface area (TPSA) is 33.0 Å². The van der Waals surface area contributed by atoms with Crippen molar-refractivity contribution in [1.82, 2.24) is 0 Å². The third kappa shape index (κ3) is 4.85. The first kappa shape index (κ1) is 21.6. The minimum Gasteiger partial charge on any atom is -0.486 e. The lowest BCUT2D eigenvalue weighted by Crippen LogP contribution is -1.98. The van der Waals surface area contributed by atoms with E-state index in [-0.39, 0.29) is 0 Å². The normalized spacial score (nSPS) is 11.4. The molecule has 0 atom stereocenters. The van der Waals surface area contributed by atoms with Gasteiger partial charge in [0.2, 0.25) is 0 Å². The Labute approximate surface area is 203 Å². The monoisotopic (exact) mass is 551 g/mol. The van der Waals surface area contributed by atoms with E-state index >= 15 is 0 Å². The van der Waals surface area contributed by atoms with Crippen molar-refractivity contribution in [2.45, 2.75) is 6.61 Å². The second-order valence-electron chi connectivity index (χ2n) is 6.89. The molecule has 0 unspecified atom stereocenters. The summed E-state index contributed by atoms with van der Waals surface area (Å²) in [7, 11) is 0. The molecule has 0 amide bonds. The van der Waals surface area contributed by atoms with Crippen molar-refractivity contribution in [3.05, 3.63) is 110 Å². The van der Waals surface area contributed by atoms with E-state index in [1.807, 2.05) is 84.9 Å². The van der Waals surface area contributed by atoms with Crippen LogP contribution in [0.3, 0.4) is 0 Å². The largest absolute Gasteiger partial charge is 0.486 e. The van der Waals surface area contributed by atoms with Gasteiger partial charge in [0, 0.05) is 16.1 Å². The second-order valence-corrected chi connectivity index (χ2v) is 9.01. The first-order chi connectivity index (χ1) is 15.1. The summed E-state index contributed by atoms with van der Waals surface area (Å²) in [6.07, 6.45) is 1.88. The zero-order chi connectivity index (χ0) is 21.8. The van der Waals surface area contributed by atoms with Crippen molar-refractivity contribution >= 4 is 65.9 Å². The van der Waals surface area contributed by atoms with Gasteiger partial charge in [0.1, 0.15) is 12.4 Å². The zero-order valence-corrected chi connectivity index (χ0v) is 20.2. The van der Waals surface area contributed by atoms with Gasteiger partial charge in [0.05, 0.1) is 20.6 Å². The van der Waals surface area contributed by atoms with Crippen LogP contribution in [0.25, 0.3) is 22.4 Å². The van der Waals surface area contributed by atoms with Gasteiger partial charge in [0.15, 0.2) is 0 Å².